The first-order valence-corrected chi connectivity index (χ1v) is 5.52. The molecule has 3 heteroatoms. The maximum Gasteiger partial charge on any atom is 0.137 e. The van der Waals surface area contributed by atoms with E-state index in [1.807, 2.05) is 11.4 Å². The summed E-state index contributed by atoms with van der Waals surface area (Å²) < 4.78 is 0. The van der Waals surface area contributed by atoms with Crippen LogP contribution in [-0.2, 0) is 11.2 Å². The first-order chi connectivity index (χ1) is 6.34. The third-order valence-corrected chi connectivity index (χ3v) is 3.10. The first-order valence-electron chi connectivity index (χ1n) is 4.58. The van der Waals surface area contributed by atoms with Crippen molar-refractivity contribution in [1.82, 2.24) is 5.32 Å². The molecule has 70 valence electrons. The van der Waals surface area contributed by atoms with E-state index in [1.54, 1.807) is 11.3 Å². The van der Waals surface area contributed by atoms with Crippen molar-refractivity contribution in [2.45, 2.75) is 12.8 Å². The molecule has 1 aliphatic rings. The fourth-order valence-corrected chi connectivity index (χ4v) is 2.18. The van der Waals surface area contributed by atoms with E-state index in [-0.39, 0.29) is 0 Å². The molecule has 0 bridgehead atoms. The highest BCUT2D eigenvalue weighted by molar-refractivity contribution is 7.07. The maximum atomic E-state index is 11.5. The predicted molar refractivity (Wildman–Crippen MR) is 54.0 cm³/mol. The van der Waals surface area contributed by atoms with Crippen molar-refractivity contribution < 1.29 is 4.79 Å². The molecule has 0 saturated carbocycles. The quantitative estimate of drug-likeness (QED) is 0.788. The molecule has 2 nitrogen and oxygen atoms in total. The van der Waals surface area contributed by atoms with Gasteiger partial charge in [0.2, 0.25) is 0 Å². The number of ketones is 1. The van der Waals surface area contributed by atoms with Gasteiger partial charge >= 0.3 is 0 Å². The van der Waals surface area contributed by atoms with Gasteiger partial charge in [-0.25, -0.2) is 0 Å². The second-order valence-corrected chi connectivity index (χ2v) is 4.36. The van der Waals surface area contributed by atoms with Gasteiger partial charge in [0.05, 0.1) is 0 Å². The van der Waals surface area contributed by atoms with Crippen LogP contribution in [0.15, 0.2) is 16.8 Å². The van der Waals surface area contributed by atoms with Crippen molar-refractivity contribution in [2.75, 3.05) is 13.1 Å². The highest BCUT2D eigenvalue weighted by Gasteiger charge is 2.19. The molecule has 0 atom stereocenters. The summed E-state index contributed by atoms with van der Waals surface area (Å²) in [6.45, 7) is 2.05. The molecule has 13 heavy (non-hydrogen) atoms. The van der Waals surface area contributed by atoms with Gasteiger partial charge in [-0.3, -0.25) is 4.79 Å². The van der Waals surface area contributed by atoms with Gasteiger partial charge in [0.25, 0.3) is 0 Å². The fourth-order valence-electron chi connectivity index (χ4n) is 1.51. The predicted octanol–water partition coefficient (Wildman–Crippen LogP) is 1.47. The second kappa shape index (κ2) is 4.03. The van der Waals surface area contributed by atoms with Gasteiger partial charge in [0.1, 0.15) is 5.78 Å². The molecule has 2 heterocycles. The monoisotopic (exact) mass is 195 g/mol. The van der Waals surface area contributed by atoms with Crippen LogP contribution >= 0.6 is 11.3 Å². The summed E-state index contributed by atoms with van der Waals surface area (Å²) in [4.78, 5) is 11.5. The normalized spacial score (nSPS) is 16.9. The number of nitrogens with one attached hydrogen (secondary N) is 1. The molecule has 1 saturated heterocycles. The van der Waals surface area contributed by atoms with E-state index in [4.69, 9.17) is 0 Å². The highest BCUT2D eigenvalue weighted by atomic mass is 32.1. The second-order valence-electron chi connectivity index (χ2n) is 3.58. The van der Waals surface area contributed by atoms with Gasteiger partial charge in [0.15, 0.2) is 0 Å². The zero-order chi connectivity index (χ0) is 9.10. The van der Waals surface area contributed by atoms with Crippen molar-refractivity contribution in [3.8, 4) is 0 Å². The van der Waals surface area contributed by atoms with E-state index in [0.29, 0.717) is 18.1 Å². The topological polar surface area (TPSA) is 29.1 Å². The minimum atomic E-state index is 0.380. The summed E-state index contributed by atoms with van der Waals surface area (Å²) in [5, 5.41) is 7.25. The van der Waals surface area contributed by atoms with E-state index in [9.17, 15) is 4.79 Å². The van der Waals surface area contributed by atoms with Crippen LogP contribution in [0, 0.1) is 5.92 Å². The lowest BCUT2D eigenvalue weighted by Gasteiger charge is -2.26. The number of Topliss-reactive ketones (excluding diaryl/α,β-unsaturated/α-hetero) is 1. The Labute approximate surface area is 82.0 Å². The zero-order valence-corrected chi connectivity index (χ0v) is 8.27. The Bertz CT molecular complexity index is 277. The lowest BCUT2D eigenvalue weighted by atomic mass is 9.95. The van der Waals surface area contributed by atoms with E-state index in [0.717, 1.165) is 19.5 Å². The SMILES string of the molecule is O=C(Cc1ccsc1)CC1CNC1. The van der Waals surface area contributed by atoms with Gasteiger partial charge < -0.3 is 5.32 Å². The number of hydrogen-bond donors (Lipinski definition) is 1. The van der Waals surface area contributed by atoms with E-state index in [2.05, 4.69) is 10.7 Å². The number of carbonyl (C=O) groups excluding carboxylic acids is 1. The van der Waals surface area contributed by atoms with Gasteiger partial charge in [-0.2, -0.15) is 11.3 Å². The molecule has 0 radical (unpaired) electrons. The minimum Gasteiger partial charge on any atom is -0.316 e. The third kappa shape index (κ3) is 2.39. The molecule has 2 rings (SSSR count). The number of rotatable bonds is 4. The van der Waals surface area contributed by atoms with Gasteiger partial charge in [0, 0.05) is 12.8 Å². The Balaban J connectivity index is 1.78. The molecule has 1 fully saturated rings. The Morgan fingerprint density at radius 1 is 1.62 bits per heavy atom. The first kappa shape index (κ1) is 8.91. The molecule has 1 aromatic heterocycles. The molecule has 0 aliphatic carbocycles. The van der Waals surface area contributed by atoms with Crippen molar-refractivity contribution in [2.24, 2.45) is 5.92 Å². The average Bonchev–Trinajstić information content (AvgIpc) is 2.49. The molecule has 1 N–H and O–H groups in total. The van der Waals surface area contributed by atoms with E-state index < -0.39 is 0 Å². The van der Waals surface area contributed by atoms with Crippen LogP contribution in [0.2, 0.25) is 0 Å². The van der Waals surface area contributed by atoms with Gasteiger partial charge in [-0.15, -0.1) is 0 Å². The molecular weight excluding hydrogens is 182 g/mol. The van der Waals surface area contributed by atoms with Crippen LogP contribution in [0.5, 0.6) is 0 Å². The lowest BCUT2D eigenvalue weighted by molar-refractivity contribution is -0.119. The largest absolute Gasteiger partial charge is 0.316 e. The number of carbonyl (C=O) groups is 1. The summed E-state index contributed by atoms with van der Waals surface area (Å²) in [5.41, 5.74) is 1.17. The highest BCUT2D eigenvalue weighted by Crippen LogP contribution is 2.13. The van der Waals surface area contributed by atoms with Crippen molar-refractivity contribution in [1.29, 1.82) is 0 Å². The standard InChI is InChI=1S/C10H13NOS/c12-10(4-9-5-11-6-9)3-8-1-2-13-7-8/h1-2,7,9,11H,3-6H2. The number of thiophene rings is 1. The van der Waals surface area contributed by atoms with Crippen LogP contribution in [0.4, 0.5) is 0 Å². The maximum absolute atomic E-state index is 11.5. The summed E-state index contributed by atoms with van der Waals surface area (Å²) in [7, 11) is 0. The third-order valence-electron chi connectivity index (χ3n) is 2.36. The van der Waals surface area contributed by atoms with E-state index in [1.165, 1.54) is 5.56 Å². The Kier molecular flexibility index (Phi) is 2.76. The summed E-state index contributed by atoms with van der Waals surface area (Å²) in [5.74, 6) is 0.982. The van der Waals surface area contributed by atoms with Crippen molar-refractivity contribution in [3.63, 3.8) is 0 Å². The summed E-state index contributed by atoms with van der Waals surface area (Å²) >= 11 is 1.66. The number of hydrogen-bond acceptors (Lipinski definition) is 3. The molecule has 0 spiro atoms. The Hall–Kier alpha value is -0.670. The van der Waals surface area contributed by atoms with Crippen molar-refractivity contribution >= 4 is 17.1 Å². The Morgan fingerprint density at radius 2 is 2.46 bits per heavy atom. The molecule has 0 aromatic carbocycles. The summed E-state index contributed by atoms with van der Waals surface area (Å²) in [6, 6.07) is 2.03. The Morgan fingerprint density at radius 3 is 3.00 bits per heavy atom. The van der Waals surface area contributed by atoms with E-state index >= 15 is 0 Å². The minimum absolute atomic E-state index is 0.380. The fraction of sp³-hybridized carbons (Fsp3) is 0.500. The molecular formula is C10H13NOS. The summed E-state index contributed by atoms with van der Waals surface area (Å²) in [6.07, 6.45) is 1.38. The van der Waals surface area contributed by atoms with Gasteiger partial charge in [-0.1, -0.05) is 0 Å². The molecule has 1 aliphatic heterocycles. The average molecular weight is 195 g/mol. The van der Waals surface area contributed by atoms with Gasteiger partial charge in [-0.05, 0) is 41.4 Å². The van der Waals surface area contributed by atoms with Crippen LogP contribution in [0.1, 0.15) is 12.0 Å². The van der Waals surface area contributed by atoms with Crippen molar-refractivity contribution in [3.05, 3.63) is 22.4 Å². The smallest absolute Gasteiger partial charge is 0.137 e. The lowest BCUT2D eigenvalue weighted by Crippen LogP contribution is -2.43. The van der Waals surface area contributed by atoms with Crippen LogP contribution in [0.3, 0.4) is 0 Å². The van der Waals surface area contributed by atoms with Crippen LogP contribution in [0.25, 0.3) is 0 Å². The van der Waals surface area contributed by atoms with Crippen LogP contribution in [-0.4, -0.2) is 18.9 Å². The van der Waals surface area contributed by atoms with Crippen LogP contribution < -0.4 is 5.32 Å². The molecule has 0 unspecified atom stereocenters. The molecule has 1 aromatic rings. The zero-order valence-electron chi connectivity index (χ0n) is 7.45. The molecule has 0 amide bonds.